The van der Waals surface area contributed by atoms with Gasteiger partial charge in [-0.05, 0) is 23.6 Å². The Labute approximate surface area is 118 Å². The minimum atomic E-state index is -0.711. The van der Waals surface area contributed by atoms with Crippen LogP contribution in [-0.2, 0) is 17.8 Å². The minimum absolute atomic E-state index is 0.325. The van der Waals surface area contributed by atoms with Crippen molar-refractivity contribution in [1.82, 2.24) is 0 Å². The van der Waals surface area contributed by atoms with Crippen LogP contribution >= 0.6 is 0 Å². The molecule has 3 heteroatoms. The molecule has 1 atom stereocenters. The molecule has 2 aromatic rings. The largest absolute Gasteiger partial charge is 0.481 e. The molecule has 0 aromatic heterocycles. The number of carboxylic acid groups (broad SMARTS) is 1. The molecular weight excluding hydrogens is 250 g/mol. The number of para-hydroxylation sites is 1. The number of aliphatic carboxylic acids is 1. The highest BCUT2D eigenvalue weighted by molar-refractivity contribution is 5.73. The zero-order chi connectivity index (χ0) is 13.9. The molecule has 1 unspecified atom stereocenters. The van der Waals surface area contributed by atoms with Crippen molar-refractivity contribution < 1.29 is 9.90 Å². The average molecular weight is 267 g/mol. The van der Waals surface area contributed by atoms with E-state index in [1.54, 1.807) is 0 Å². The van der Waals surface area contributed by atoms with E-state index in [1.165, 1.54) is 5.56 Å². The summed E-state index contributed by atoms with van der Waals surface area (Å²) in [4.78, 5) is 13.5. The van der Waals surface area contributed by atoms with Gasteiger partial charge in [0.25, 0.3) is 0 Å². The van der Waals surface area contributed by atoms with Crippen molar-refractivity contribution in [2.24, 2.45) is 5.92 Å². The molecule has 1 heterocycles. The first kappa shape index (κ1) is 12.7. The zero-order valence-electron chi connectivity index (χ0n) is 11.2. The maximum atomic E-state index is 11.3. The highest BCUT2D eigenvalue weighted by Crippen LogP contribution is 2.30. The van der Waals surface area contributed by atoms with Crippen LogP contribution in [0.25, 0.3) is 0 Å². The standard InChI is InChI=1S/C17H17NO2/c19-17(20)15-10-14-8-4-5-9-16(14)18(12-15)11-13-6-2-1-3-7-13/h1-9,15H,10-12H2,(H,19,20). The molecule has 0 radical (unpaired) electrons. The Hall–Kier alpha value is -2.29. The number of hydrogen-bond acceptors (Lipinski definition) is 2. The van der Waals surface area contributed by atoms with Crippen molar-refractivity contribution in [2.75, 3.05) is 11.4 Å². The van der Waals surface area contributed by atoms with Gasteiger partial charge in [0.2, 0.25) is 0 Å². The number of fused-ring (bicyclic) bond motifs is 1. The average Bonchev–Trinajstić information content (AvgIpc) is 2.48. The number of benzene rings is 2. The van der Waals surface area contributed by atoms with E-state index in [-0.39, 0.29) is 5.92 Å². The van der Waals surface area contributed by atoms with Crippen LogP contribution in [0.15, 0.2) is 54.6 Å². The smallest absolute Gasteiger partial charge is 0.308 e. The number of carboxylic acids is 1. The summed E-state index contributed by atoms with van der Waals surface area (Å²) < 4.78 is 0. The molecule has 0 bridgehead atoms. The first-order chi connectivity index (χ1) is 9.74. The molecular formula is C17H17NO2. The fraction of sp³-hybridized carbons (Fsp3) is 0.235. The number of hydrogen-bond donors (Lipinski definition) is 1. The Balaban J connectivity index is 1.91. The molecule has 0 amide bonds. The number of anilines is 1. The van der Waals surface area contributed by atoms with E-state index in [1.807, 2.05) is 36.4 Å². The SMILES string of the molecule is O=C(O)C1Cc2ccccc2N(Cc2ccccc2)C1. The summed E-state index contributed by atoms with van der Waals surface area (Å²) in [6, 6.07) is 18.3. The van der Waals surface area contributed by atoms with E-state index in [2.05, 4.69) is 23.1 Å². The highest BCUT2D eigenvalue weighted by Gasteiger charge is 2.28. The van der Waals surface area contributed by atoms with E-state index in [0.29, 0.717) is 13.0 Å². The van der Waals surface area contributed by atoms with Crippen molar-refractivity contribution >= 4 is 11.7 Å². The zero-order valence-corrected chi connectivity index (χ0v) is 11.2. The van der Waals surface area contributed by atoms with Gasteiger partial charge in [-0.3, -0.25) is 4.79 Å². The topological polar surface area (TPSA) is 40.5 Å². The fourth-order valence-corrected chi connectivity index (χ4v) is 2.81. The first-order valence-corrected chi connectivity index (χ1v) is 6.83. The van der Waals surface area contributed by atoms with Gasteiger partial charge in [0, 0.05) is 18.8 Å². The second-order valence-corrected chi connectivity index (χ2v) is 5.23. The van der Waals surface area contributed by atoms with Gasteiger partial charge in [-0.25, -0.2) is 0 Å². The molecule has 2 aromatic carbocycles. The van der Waals surface area contributed by atoms with Gasteiger partial charge in [0.1, 0.15) is 0 Å². The molecule has 3 nitrogen and oxygen atoms in total. The summed E-state index contributed by atoms with van der Waals surface area (Å²) in [6.45, 7) is 1.32. The second-order valence-electron chi connectivity index (χ2n) is 5.23. The van der Waals surface area contributed by atoms with Gasteiger partial charge >= 0.3 is 5.97 Å². The van der Waals surface area contributed by atoms with Crippen molar-refractivity contribution in [2.45, 2.75) is 13.0 Å². The predicted octanol–water partition coefficient (Wildman–Crippen LogP) is 2.95. The number of nitrogens with zero attached hydrogens (tertiary/aromatic N) is 1. The monoisotopic (exact) mass is 267 g/mol. The molecule has 0 fully saturated rings. The van der Waals surface area contributed by atoms with E-state index >= 15 is 0 Å². The maximum absolute atomic E-state index is 11.3. The Morgan fingerprint density at radius 2 is 1.80 bits per heavy atom. The molecule has 102 valence electrons. The molecule has 0 aliphatic carbocycles. The summed E-state index contributed by atoms with van der Waals surface area (Å²) >= 11 is 0. The van der Waals surface area contributed by atoms with Gasteiger partial charge in [-0.1, -0.05) is 48.5 Å². The molecule has 20 heavy (non-hydrogen) atoms. The summed E-state index contributed by atoms with van der Waals surface area (Å²) in [6.07, 6.45) is 0.622. The molecule has 3 rings (SSSR count). The Morgan fingerprint density at radius 1 is 1.10 bits per heavy atom. The van der Waals surface area contributed by atoms with E-state index in [0.717, 1.165) is 17.8 Å². The van der Waals surface area contributed by atoms with Gasteiger partial charge in [0.05, 0.1) is 5.92 Å². The van der Waals surface area contributed by atoms with E-state index in [9.17, 15) is 9.90 Å². The number of rotatable bonds is 3. The summed E-state index contributed by atoms with van der Waals surface area (Å²) in [5.74, 6) is -1.04. The normalized spacial score (nSPS) is 17.6. The third kappa shape index (κ3) is 2.52. The van der Waals surface area contributed by atoms with Gasteiger partial charge in [0.15, 0.2) is 0 Å². The molecule has 0 saturated heterocycles. The first-order valence-electron chi connectivity index (χ1n) is 6.83. The highest BCUT2D eigenvalue weighted by atomic mass is 16.4. The van der Waals surface area contributed by atoms with Gasteiger partial charge in [-0.2, -0.15) is 0 Å². The summed E-state index contributed by atoms with van der Waals surface area (Å²) in [5, 5.41) is 9.32. The third-order valence-electron chi connectivity index (χ3n) is 3.80. The Bertz CT molecular complexity index is 609. The fourth-order valence-electron chi connectivity index (χ4n) is 2.81. The van der Waals surface area contributed by atoms with Crippen LogP contribution in [0.5, 0.6) is 0 Å². The molecule has 0 spiro atoms. The van der Waals surface area contributed by atoms with Crippen molar-refractivity contribution in [1.29, 1.82) is 0 Å². The predicted molar refractivity (Wildman–Crippen MR) is 78.8 cm³/mol. The van der Waals surface area contributed by atoms with E-state index < -0.39 is 5.97 Å². The lowest BCUT2D eigenvalue weighted by Crippen LogP contribution is -2.38. The summed E-state index contributed by atoms with van der Waals surface area (Å²) in [7, 11) is 0. The van der Waals surface area contributed by atoms with Crippen LogP contribution in [0.1, 0.15) is 11.1 Å². The van der Waals surface area contributed by atoms with Crippen LogP contribution in [0.2, 0.25) is 0 Å². The van der Waals surface area contributed by atoms with Crippen molar-refractivity contribution in [3.8, 4) is 0 Å². The lowest BCUT2D eigenvalue weighted by molar-refractivity contribution is -0.141. The molecule has 1 aliphatic heterocycles. The third-order valence-corrected chi connectivity index (χ3v) is 3.80. The Morgan fingerprint density at radius 3 is 2.55 bits per heavy atom. The quantitative estimate of drug-likeness (QED) is 0.929. The summed E-state index contributed by atoms with van der Waals surface area (Å²) in [5.41, 5.74) is 3.49. The molecule has 1 aliphatic rings. The minimum Gasteiger partial charge on any atom is -0.481 e. The lowest BCUT2D eigenvalue weighted by Gasteiger charge is -2.34. The maximum Gasteiger partial charge on any atom is 0.308 e. The van der Waals surface area contributed by atoms with Gasteiger partial charge < -0.3 is 10.0 Å². The van der Waals surface area contributed by atoms with Crippen LogP contribution in [0.4, 0.5) is 5.69 Å². The molecule has 0 saturated carbocycles. The lowest BCUT2D eigenvalue weighted by atomic mass is 9.92. The number of carbonyl (C=O) groups is 1. The Kier molecular flexibility index (Phi) is 3.42. The van der Waals surface area contributed by atoms with Crippen LogP contribution in [0.3, 0.4) is 0 Å². The van der Waals surface area contributed by atoms with Crippen LogP contribution in [-0.4, -0.2) is 17.6 Å². The van der Waals surface area contributed by atoms with Crippen molar-refractivity contribution in [3.63, 3.8) is 0 Å². The second kappa shape index (κ2) is 5.37. The molecule has 1 N–H and O–H groups in total. The van der Waals surface area contributed by atoms with Gasteiger partial charge in [-0.15, -0.1) is 0 Å². The van der Waals surface area contributed by atoms with Crippen molar-refractivity contribution in [3.05, 3.63) is 65.7 Å². The van der Waals surface area contributed by atoms with Crippen LogP contribution < -0.4 is 4.90 Å². The van der Waals surface area contributed by atoms with E-state index in [4.69, 9.17) is 0 Å². The van der Waals surface area contributed by atoms with Crippen LogP contribution in [0, 0.1) is 5.92 Å².